The summed E-state index contributed by atoms with van der Waals surface area (Å²) in [5.74, 6) is -1.01. The van der Waals surface area contributed by atoms with E-state index in [2.05, 4.69) is 18.7 Å². The number of rotatable bonds is 9. The van der Waals surface area contributed by atoms with E-state index in [-0.39, 0.29) is 36.8 Å². The largest absolute Gasteiger partial charge is 0.503 e. The molecule has 1 aliphatic heterocycles. The molecule has 1 amide bonds. The minimum atomic E-state index is -0.585. The average molecular weight is 373 g/mol. The van der Waals surface area contributed by atoms with Crippen LogP contribution in [-0.2, 0) is 9.59 Å². The van der Waals surface area contributed by atoms with Crippen molar-refractivity contribution in [3.63, 3.8) is 0 Å². The summed E-state index contributed by atoms with van der Waals surface area (Å²) in [5.41, 5.74) is 7.76. The van der Waals surface area contributed by atoms with E-state index in [0.717, 1.165) is 24.3 Å². The van der Waals surface area contributed by atoms with Gasteiger partial charge in [0.15, 0.2) is 11.5 Å². The summed E-state index contributed by atoms with van der Waals surface area (Å²) in [5, 5.41) is 10.4. The number of nitrogens with two attached hydrogens (primary N) is 1. The SMILES string of the molecule is CCN(CC)c1ccc(C2C(C(=O)CC(C)C)=C(O)C(=O)N2CCN)cc1. The zero-order chi connectivity index (χ0) is 20.1. The number of carbonyl (C=O) groups excluding carboxylic acids is 2. The van der Waals surface area contributed by atoms with Gasteiger partial charge in [-0.2, -0.15) is 0 Å². The number of Topliss-reactive ketones (excluding diaryl/α,β-unsaturated/α-hetero) is 1. The fraction of sp³-hybridized carbons (Fsp3) is 0.524. The van der Waals surface area contributed by atoms with E-state index >= 15 is 0 Å². The van der Waals surface area contributed by atoms with Gasteiger partial charge in [0, 0.05) is 38.3 Å². The lowest BCUT2D eigenvalue weighted by atomic mass is 9.92. The maximum atomic E-state index is 12.8. The molecule has 0 radical (unpaired) electrons. The summed E-state index contributed by atoms with van der Waals surface area (Å²) in [4.78, 5) is 29.0. The first-order valence-electron chi connectivity index (χ1n) is 9.67. The molecule has 1 aliphatic rings. The van der Waals surface area contributed by atoms with Gasteiger partial charge in [-0.25, -0.2) is 0 Å². The van der Waals surface area contributed by atoms with E-state index in [4.69, 9.17) is 5.73 Å². The Balaban J connectivity index is 2.44. The van der Waals surface area contributed by atoms with Gasteiger partial charge in [-0.15, -0.1) is 0 Å². The molecule has 0 fully saturated rings. The van der Waals surface area contributed by atoms with Crippen LogP contribution < -0.4 is 10.6 Å². The molecular formula is C21H31N3O3. The molecule has 6 nitrogen and oxygen atoms in total. The van der Waals surface area contributed by atoms with Crippen LogP contribution >= 0.6 is 0 Å². The Hall–Kier alpha value is -2.34. The Morgan fingerprint density at radius 1 is 1.22 bits per heavy atom. The molecule has 1 aromatic carbocycles. The highest BCUT2D eigenvalue weighted by atomic mass is 16.3. The second-order valence-corrected chi connectivity index (χ2v) is 7.24. The van der Waals surface area contributed by atoms with Crippen molar-refractivity contribution in [1.29, 1.82) is 0 Å². The molecule has 0 bridgehead atoms. The molecule has 3 N–H and O–H groups in total. The fourth-order valence-electron chi connectivity index (χ4n) is 3.59. The Morgan fingerprint density at radius 3 is 2.30 bits per heavy atom. The average Bonchev–Trinajstić information content (AvgIpc) is 2.88. The highest BCUT2D eigenvalue weighted by Crippen LogP contribution is 2.38. The van der Waals surface area contributed by atoms with Gasteiger partial charge in [0.1, 0.15) is 0 Å². The molecular weight excluding hydrogens is 342 g/mol. The van der Waals surface area contributed by atoms with Crippen molar-refractivity contribution >= 4 is 17.4 Å². The third kappa shape index (κ3) is 4.33. The molecule has 2 rings (SSSR count). The number of anilines is 1. The lowest BCUT2D eigenvalue weighted by molar-refractivity contribution is -0.129. The highest BCUT2D eigenvalue weighted by molar-refractivity contribution is 6.09. The zero-order valence-electron chi connectivity index (χ0n) is 16.7. The van der Waals surface area contributed by atoms with Crippen LogP contribution in [0.4, 0.5) is 5.69 Å². The minimum Gasteiger partial charge on any atom is -0.503 e. The maximum Gasteiger partial charge on any atom is 0.290 e. The summed E-state index contributed by atoms with van der Waals surface area (Å²) in [6, 6.07) is 7.26. The van der Waals surface area contributed by atoms with E-state index in [9.17, 15) is 14.7 Å². The predicted molar refractivity (Wildman–Crippen MR) is 108 cm³/mol. The summed E-state index contributed by atoms with van der Waals surface area (Å²) < 4.78 is 0. The van der Waals surface area contributed by atoms with Crippen LogP contribution in [0, 0.1) is 5.92 Å². The van der Waals surface area contributed by atoms with Crippen molar-refractivity contribution in [2.75, 3.05) is 31.1 Å². The lowest BCUT2D eigenvalue weighted by Gasteiger charge is -2.27. The molecule has 148 valence electrons. The van der Waals surface area contributed by atoms with Crippen molar-refractivity contribution in [2.24, 2.45) is 11.7 Å². The van der Waals surface area contributed by atoms with E-state index in [1.807, 2.05) is 38.1 Å². The quantitative estimate of drug-likeness (QED) is 0.695. The molecule has 27 heavy (non-hydrogen) atoms. The van der Waals surface area contributed by atoms with Crippen LogP contribution in [0.2, 0.25) is 0 Å². The van der Waals surface area contributed by atoms with E-state index < -0.39 is 17.7 Å². The van der Waals surface area contributed by atoms with Gasteiger partial charge in [0.05, 0.1) is 11.6 Å². The second kappa shape index (κ2) is 9.04. The number of ketones is 1. The molecule has 0 saturated heterocycles. The molecule has 1 heterocycles. The molecule has 0 saturated carbocycles. The van der Waals surface area contributed by atoms with Crippen LogP contribution in [0.15, 0.2) is 35.6 Å². The molecule has 1 unspecified atom stereocenters. The van der Waals surface area contributed by atoms with Crippen molar-refractivity contribution in [2.45, 2.75) is 40.2 Å². The van der Waals surface area contributed by atoms with Gasteiger partial charge >= 0.3 is 0 Å². The second-order valence-electron chi connectivity index (χ2n) is 7.24. The van der Waals surface area contributed by atoms with E-state index in [1.54, 1.807) is 0 Å². The number of benzene rings is 1. The third-order valence-electron chi connectivity index (χ3n) is 4.91. The van der Waals surface area contributed by atoms with Gasteiger partial charge in [-0.05, 0) is 37.5 Å². The molecule has 1 atom stereocenters. The van der Waals surface area contributed by atoms with Crippen LogP contribution in [0.25, 0.3) is 0 Å². The molecule has 0 aromatic heterocycles. The summed E-state index contributed by atoms with van der Waals surface area (Å²) >= 11 is 0. The number of amides is 1. The van der Waals surface area contributed by atoms with Crippen LogP contribution in [0.5, 0.6) is 0 Å². The van der Waals surface area contributed by atoms with Crippen molar-refractivity contribution in [3.05, 3.63) is 41.2 Å². The molecule has 0 aliphatic carbocycles. The number of hydrogen-bond acceptors (Lipinski definition) is 5. The number of nitrogens with zero attached hydrogens (tertiary/aromatic N) is 2. The predicted octanol–water partition coefficient (Wildman–Crippen LogP) is 2.80. The van der Waals surface area contributed by atoms with Crippen molar-refractivity contribution in [1.82, 2.24) is 4.90 Å². The number of aliphatic hydroxyl groups excluding tert-OH is 1. The summed E-state index contributed by atoms with van der Waals surface area (Å²) in [6.45, 7) is 10.4. The standard InChI is InChI=1S/C21H31N3O3/c1-5-23(6-2)16-9-7-15(8-10-16)19-18(17(25)13-14(3)4)20(26)21(27)24(19)12-11-22/h7-10,14,19,26H,5-6,11-13,22H2,1-4H3. The van der Waals surface area contributed by atoms with Crippen molar-refractivity contribution in [3.8, 4) is 0 Å². The Bertz CT molecular complexity index is 706. The third-order valence-corrected chi connectivity index (χ3v) is 4.91. The lowest BCUT2D eigenvalue weighted by Crippen LogP contribution is -2.35. The van der Waals surface area contributed by atoms with E-state index in [1.165, 1.54) is 4.90 Å². The first-order valence-corrected chi connectivity index (χ1v) is 9.67. The topological polar surface area (TPSA) is 86.9 Å². The molecule has 6 heteroatoms. The molecule has 1 aromatic rings. The van der Waals surface area contributed by atoms with Crippen LogP contribution in [-0.4, -0.2) is 47.9 Å². The van der Waals surface area contributed by atoms with Gasteiger partial charge < -0.3 is 20.6 Å². The fourth-order valence-corrected chi connectivity index (χ4v) is 3.59. The Labute approximate surface area is 161 Å². The number of carbonyl (C=O) groups is 2. The summed E-state index contributed by atoms with van der Waals surface area (Å²) in [7, 11) is 0. The van der Waals surface area contributed by atoms with Gasteiger partial charge in [0.2, 0.25) is 0 Å². The van der Waals surface area contributed by atoms with Gasteiger partial charge in [-0.3, -0.25) is 9.59 Å². The first kappa shape index (κ1) is 21.0. The minimum absolute atomic E-state index is 0.141. The maximum absolute atomic E-state index is 12.8. The normalized spacial score (nSPS) is 17.2. The van der Waals surface area contributed by atoms with Crippen molar-refractivity contribution < 1.29 is 14.7 Å². The highest BCUT2D eigenvalue weighted by Gasteiger charge is 2.42. The summed E-state index contributed by atoms with van der Waals surface area (Å²) in [6.07, 6.45) is 0.289. The van der Waals surface area contributed by atoms with Crippen LogP contribution in [0.3, 0.4) is 0 Å². The smallest absolute Gasteiger partial charge is 0.290 e. The first-order chi connectivity index (χ1) is 12.8. The van der Waals surface area contributed by atoms with Gasteiger partial charge in [0.25, 0.3) is 5.91 Å². The number of hydrogen-bond donors (Lipinski definition) is 2. The number of aliphatic hydroxyl groups is 1. The van der Waals surface area contributed by atoms with Gasteiger partial charge in [-0.1, -0.05) is 26.0 Å². The molecule has 0 spiro atoms. The monoisotopic (exact) mass is 373 g/mol. The van der Waals surface area contributed by atoms with E-state index in [0.29, 0.717) is 0 Å². The Morgan fingerprint density at radius 2 is 1.81 bits per heavy atom. The Kier molecular flexibility index (Phi) is 7.02. The van der Waals surface area contributed by atoms with Crippen LogP contribution in [0.1, 0.15) is 45.7 Å². The zero-order valence-corrected chi connectivity index (χ0v) is 16.7.